The van der Waals surface area contributed by atoms with Crippen LogP contribution in [-0.2, 0) is 16.1 Å². The molecule has 33 heavy (non-hydrogen) atoms. The van der Waals surface area contributed by atoms with E-state index in [0.29, 0.717) is 22.0 Å². The lowest BCUT2D eigenvalue weighted by Crippen LogP contribution is -2.41. The van der Waals surface area contributed by atoms with Crippen LogP contribution in [0.4, 0.5) is 20.3 Å². The number of carbonyl (C=O) groups is 2. The largest absolute Gasteiger partial charge is 0.383 e. The molecule has 168 valence electrons. The number of pyridine rings is 1. The number of aromatic nitrogens is 3. The fourth-order valence-electron chi connectivity index (χ4n) is 3.45. The normalized spacial score (nSPS) is 11.8. The van der Waals surface area contributed by atoms with Crippen molar-refractivity contribution in [3.63, 3.8) is 0 Å². The Morgan fingerprint density at radius 2 is 1.70 bits per heavy atom. The lowest BCUT2D eigenvalue weighted by Gasteiger charge is -2.29. The minimum atomic E-state index is -0.909. The van der Waals surface area contributed by atoms with E-state index >= 15 is 0 Å². The number of nitrogens with two attached hydrogens (primary N) is 1. The molecule has 1 unspecified atom stereocenters. The monoisotopic (exact) mass is 450 g/mol. The van der Waals surface area contributed by atoms with Gasteiger partial charge in [0.05, 0.1) is 35.0 Å². The van der Waals surface area contributed by atoms with E-state index in [1.807, 2.05) is 0 Å². The van der Waals surface area contributed by atoms with E-state index in [2.05, 4.69) is 20.5 Å². The number of fused-ring (bicyclic) bond motifs is 1. The van der Waals surface area contributed by atoms with Crippen LogP contribution in [0, 0.1) is 11.6 Å². The van der Waals surface area contributed by atoms with Gasteiger partial charge in [0.15, 0.2) is 0 Å². The number of nitrogens with one attached hydrogen (secondary N) is 2. The number of benzene rings is 2. The molecule has 0 spiro atoms. The molecule has 0 aliphatic carbocycles. The van der Waals surface area contributed by atoms with Crippen LogP contribution in [-0.4, -0.2) is 31.9 Å². The second kappa shape index (κ2) is 9.03. The number of aromatic amines is 1. The standard InChI is InChI=1S/C23H20F2N6O2/c1-13(15-4-8-17(25)9-5-15)31(12-14-2-6-16(24)7-3-14)23(33)22(32)29-19-11-27-21(26)18-10-28-30-20(18)19/h2-11,13H,12H2,1H3,(H2,26,27)(H,28,30)(H,29,32). The molecule has 2 amide bonds. The number of hydrogen-bond acceptors (Lipinski definition) is 5. The number of carbonyl (C=O) groups excluding carboxylic acids is 2. The topological polar surface area (TPSA) is 117 Å². The van der Waals surface area contributed by atoms with E-state index in [1.54, 1.807) is 19.1 Å². The molecule has 10 heteroatoms. The van der Waals surface area contributed by atoms with Gasteiger partial charge in [-0.1, -0.05) is 24.3 Å². The van der Waals surface area contributed by atoms with Gasteiger partial charge in [0.2, 0.25) is 0 Å². The van der Waals surface area contributed by atoms with Crippen molar-refractivity contribution in [2.75, 3.05) is 11.1 Å². The van der Waals surface area contributed by atoms with Gasteiger partial charge in [0, 0.05) is 6.54 Å². The van der Waals surface area contributed by atoms with E-state index < -0.39 is 29.5 Å². The zero-order chi connectivity index (χ0) is 23.5. The summed E-state index contributed by atoms with van der Waals surface area (Å²) in [6.45, 7) is 1.75. The Bertz CT molecular complexity index is 1310. The summed E-state index contributed by atoms with van der Waals surface area (Å²) in [5.41, 5.74) is 7.73. The average molecular weight is 450 g/mol. The van der Waals surface area contributed by atoms with Crippen molar-refractivity contribution < 1.29 is 18.4 Å². The first-order valence-corrected chi connectivity index (χ1v) is 10.0. The van der Waals surface area contributed by atoms with Crippen molar-refractivity contribution in [1.29, 1.82) is 0 Å². The molecule has 0 bridgehead atoms. The minimum absolute atomic E-state index is 0.0323. The molecule has 0 fully saturated rings. The summed E-state index contributed by atoms with van der Waals surface area (Å²) < 4.78 is 26.7. The first-order valence-electron chi connectivity index (χ1n) is 10.0. The van der Waals surface area contributed by atoms with Crippen LogP contribution in [0.2, 0.25) is 0 Å². The fourth-order valence-corrected chi connectivity index (χ4v) is 3.45. The smallest absolute Gasteiger partial charge is 0.314 e. The van der Waals surface area contributed by atoms with Crippen LogP contribution in [0.5, 0.6) is 0 Å². The summed E-state index contributed by atoms with van der Waals surface area (Å²) >= 11 is 0. The lowest BCUT2D eigenvalue weighted by molar-refractivity contribution is -0.145. The molecule has 0 aliphatic heterocycles. The molecule has 8 nitrogen and oxygen atoms in total. The molecule has 0 aliphatic rings. The van der Waals surface area contributed by atoms with E-state index in [9.17, 15) is 18.4 Å². The van der Waals surface area contributed by atoms with Crippen molar-refractivity contribution >= 4 is 34.2 Å². The molecule has 4 rings (SSSR count). The molecule has 0 radical (unpaired) electrons. The van der Waals surface area contributed by atoms with Gasteiger partial charge in [-0.15, -0.1) is 0 Å². The molecule has 2 aromatic heterocycles. The quantitative estimate of drug-likeness (QED) is 0.402. The Morgan fingerprint density at radius 3 is 2.36 bits per heavy atom. The highest BCUT2D eigenvalue weighted by molar-refractivity contribution is 6.40. The summed E-state index contributed by atoms with van der Waals surface area (Å²) in [5, 5.41) is 9.67. The van der Waals surface area contributed by atoms with Crippen molar-refractivity contribution in [3.8, 4) is 0 Å². The third-order valence-corrected chi connectivity index (χ3v) is 5.31. The van der Waals surface area contributed by atoms with Crippen molar-refractivity contribution in [3.05, 3.63) is 83.7 Å². The summed E-state index contributed by atoms with van der Waals surface area (Å²) in [4.78, 5) is 31.5. The number of hydrogen-bond donors (Lipinski definition) is 3. The second-order valence-electron chi connectivity index (χ2n) is 7.46. The van der Waals surface area contributed by atoms with Crippen molar-refractivity contribution in [1.82, 2.24) is 20.1 Å². The van der Waals surface area contributed by atoms with Crippen LogP contribution >= 0.6 is 0 Å². The summed E-state index contributed by atoms with van der Waals surface area (Å²) in [6.07, 6.45) is 2.79. The molecule has 4 aromatic rings. The first kappa shape index (κ1) is 21.9. The van der Waals surface area contributed by atoms with Crippen LogP contribution in [0.3, 0.4) is 0 Å². The molecule has 4 N–H and O–H groups in total. The number of anilines is 2. The molecule has 0 saturated carbocycles. The molecule has 2 aromatic carbocycles. The fraction of sp³-hybridized carbons (Fsp3) is 0.130. The molecular weight excluding hydrogens is 430 g/mol. The maximum absolute atomic E-state index is 13.4. The third kappa shape index (κ3) is 4.64. The Hall–Kier alpha value is -4.34. The van der Waals surface area contributed by atoms with E-state index in [0.717, 1.165) is 0 Å². The van der Waals surface area contributed by atoms with Crippen LogP contribution in [0.25, 0.3) is 10.9 Å². The lowest BCUT2D eigenvalue weighted by atomic mass is 10.1. The van der Waals surface area contributed by atoms with Gasteiger partial charge >= 0.3 is 11.8 Å². The van der Waals surface area contributed by atoms with E-state index in [-0.39, 0.29) is 18.1 Å². The summed E-state index contributed by atoms with van der Waals surface area (Å²) in [5.74, 6) is -2.35. The Kier molecular flexibility index (Phi) is 5.99. The van der Waals surface area contributed by atoms with E-state index in [1.165, 1.54) is 53.7 Å². The number of rotatable bonds is 5. The van der Waals surface area contributed by atoms with Gasteiger partial charge < -0.3 is 16.0 Å². The van der Waals surface area contributed by atoms with Gasteiger partial charge in [0.25, 0.3) is 0 Å². The zero-order valence-corrected chi connectivity index (χ0v) is 17.5. The molecule has 0 saturated heterocycles. The van der Waals surface area contributed by atoms with Gasteiger partial charge in [-0.2, -0.15) is 5.10 Å². The van der Waals surface area contributed by atoms with Crippen LogP contribution in [0.15, 0.2) is 60.9 Å². The number of nitrogen functional groups attached to an aromatic ring is 1. The number of amides is 2. The summed E-state index contributed by atoms with van der Waals surface area (Å²) in [6, 6.07) is 10.7. The van der Waals surface area contributed by atoms with Crippen molar-refractivity contribution in [2.24, 2.45) is 0 Å². The number of halogens is 2. The van der Waals surface area contributed by atoms with Gasteiger partial charge in [-0.25, -0.2) is 13.8 Å². The van der Waals surface area contributed by atoms with Crippen LogP contribution in [0.1, 0.15) is 24.1 Å². The molecule has 2 heterocycles. The summed E-state index contributed by atoms with van der Waals surface area (Å²) in [7, 11) is 0. The highest BCUT2D eigenvalue weighted by Crippen LogP contribution is 2.26. The van der Waals surface area contributed by atoms with Gasteiger partial charge in [0.1, 0.15) is 17.5 Å². The highest BCUT2D eigenvalue weighted by Gasteiger charge is 2.28. The van der Waals surface area contributed by atoms with Crippen LogP contribution < -0.4 is 11.1 Å². The van der Waals surface area contributed by atoms with E-state index in [4.69, 9.17) is 5.73 Å². The zero-order valence-electron chi connectivity index (χ0n) is 17.5. The molecule has 1 atom stereocenters. The average Bonchev–Trinajstić information content (AvgIpc) is 3.31. The Balaban J connectivity index is 1.62. The minimum Gasteiger partial charge on any atom is -0.383 e. The SMILES string of the molecule is CC(c1ccc(F)cc1)N(Cc1ccc(F)cc1)C(=O)C(=O)Nc1cnc(N)c2cn[nH]c12. The van der Waals surface area contributed by atoms with Gasteiger partial charge in [-0.3, -0.25) is 14.7 Å². The Labute approximate surface area is 187 Å². The first-order chi connectivity index (χ1) is 15.8. The maximum atomic E-state index is 13.4. The number of H-pyrrole nitrogens is 1. The third-order valence-electron chi connectivity index (χ3n) is 5.31. The Morgan fingerprint density at radius 1 is 1.06 bits per heavy atom. The van der Waals surface area contributed by atoms with Crippen molar-refractivity contribution in [2.45, 2.75) is 19.5 Å². The maximum Gasteiger partial charge on any atom is 0.314 e. The molecular formula is C23H20F2N6O2. The predicted octanol–water partition coefficient (Wildman–Crippen LogP) is 3.55. The highest BCUT2D eigenvalue weighted by atomic mass is 19.1. The predicted molar refractivity (Wildman–Crippen MR) is 119 cm³/mol. The van der Waals surface area contributed by atoms with Gasteiger partial charge in [-0.05, 0) is 42.3 Å². The second-order valence-corrected chi connectivity index (χ2v) is 7.46. The number of nitrogens with zero attached hydrogens (tertiary/aromatic N) is 3.